The summed E-state index contributed by atoms with van der Waals surface area (Å²) in [6.45, 7) is 1.83. The fourth-order valence-corrected chi connectivity index (χ4v) is 3.43. The van der Waals surface area contributed by atoms with E-state index in [1.54, 1.807) is 24.5 Å². The number of anilines is 1. The Morgan fingerprint density at radius 3 is 2.85 bits per heavy atom. The Balaban J connectivity index is 1.51. The molecule has 136 valence electrons. The van der Waals surface area contributed by atoms with E-state index >= 15 is 0 Å². The third-order valence-electron chi connectivity index (χ3n) is 4.06. The Hall–Kier alpha value is -3.13. The van der Waals surface area contributed by atoms with Crippen molar-refractivity contribution in [2.24, 2.45) is 7.05 Å². The smallest absolute Gasteiger partial charge is 0.237 e. The van der Waals surface area contributed by atoms with E-state index in [0.29, 0.717) is 22.4 Å². The highest BCUT2D eigenvalue weighted by atomic mass is 32.2. The molecule has 0 unspecified atom stereocenters. The van der Waals surface area contributed by atoms with Crippen LogP contribution < -0.4 is 5.32 Å². The molecule has 0 spiro atoms. The maximum absolute atomic E-state index is 12.4. The number of hydrogen-bond acceptors (Lipinski definition) is 6. The van der Waals surface area contributed by atoms with Crippen LogP contribution >= 0.6 is 11.8 Å². The molecule has 4 rings (SSSR count). The number of carbonyl (C=O) groups is 1. The number of aromatic nitrogens is 4. The molecule has 3 aromatic heterocycles. The van der Waals surface area contributed by atoms with Gasteiger partial charge in [-0.2, -0.15) is 0 Å². The van der Waals surface area contributed by atoms with Crippen molar-refractivity contribution in [1.29, 1.82) is 0 Å². The highest BCUT2D eigenvalue weighted by Crippen LogP contribution is 2.29. The SMILES string of the molecule is C[C@H](Sc1nnc(-c2cc3ccccc3o2)n1C)C(=O)Nc1cccnc1. The number of thioether (sulfide) groups is 1. The van der Waals surface area contributed by atoms with Gasteiger partial charge in [0.15, 0.2) is 16.7 Å². The van der Waals surface area contributed by atoms with Crippen molar-refractivity contribution in [1.82, 2.24) is 19.7 Å². The maximum atomic E-state index is 12.4. The Labute approximate surface area is 159 Å². The van der Waals surface area contributed by atoms with Crippen molar-refractivity contribution in [3.05, 3.63) is 54.9 Å². The summed E-state index contributed by atoms with van der Waals surface area (Å²) in [6, 6.07) is 13.3. The molecule has 0 fully saturated rings. The van der Waals surface area contributed by atoms with E-state index in [0.717, 1.165) is 11.0 Å². The second-order valence-corrected chi connectivity index (χ2v) is 7.31. The van der Waals surface area contributed by atoms with Gasteiger partial charge < -0.3 is 14.3 Å². The lowest BCUT2D eigenvalue weighted by Crippen LogP contribution is -2.22. The zero-order valence-electron chi connectivity index (χ0n) is 14.8. The molecular formula is C19H17N5O2S. The topological polar surface area (TPSA) is 85.8 Å². The molecule has 27 heavy (non-hydrogen) atoms. The van der Waals surface area contributed by atoms with Crippen LogP contribution in [-0.2, 0) is 11.8 Å². The molecule has 8 heteroatoms. The zero-order chi connectivity index (χ0) is 18.8. The van der Waals surface area contributed by atoms with Gasteiger partial charge >= 0.3 is 0 Å². The quantitative estimate of drug-likeness (QED) is 0.532. The number of amides is 1. The zero-order valence-corrected chi connectivity index (χ0v) is 15.6. The second-order valence-electron chi connectivity index (χ2n) is 6.00. The first kappa shape index (κ1) is 17.3. The molecule has 4 aromatic rings. The van der Waals surface area contributed by atoms with E-state index in [2.05, 4.69) is 20.5 Å². The van der Waals surface area contributed by atoms with E-state index in [1.807, 2.05) is 48.9 Å². The second kappa shape index (κ2) is 7.24. The Kier molecular flexibility index (Phi) is 4.64. The number of hydrogen-bond donors (Lipinski definition) is 1. The van der Waals surface area contributed by atoms with Crippen LogP contribution in [0.5, 0.6) is 0 Å². The molecule has 1 aromatic carbocycles. The summed E-state index contributed by atoms with van der Waals surface area (Å²) in [5.74, 6) is 1.14. The minimum atomic E-state index is -0.350. The number of nitrogens with zero attached hydrogens (tertiary/aromatic N) is 4. The lowest BCUT2D eigenvalue weighted by molar-refractivity contribution is -0.115. The van der Waals surface area contributed by atoms with Crippen LogP contribution in [0.4, 0.5) is 5.69 Å². The molecule has 0 aliphatic carbocycles. The van der Waals surface area contributed by atoms with Crippen LogP contribution in [0.3, 0.4) is 0 Å². The van der Waals surface area contributed by atoms with Crippen LogP contribution in [0.2, 0.25) is 0 Å². The van der Waals surface area contributed by atoms with Crippen LogP contribution in [0.25, 0.3) is 22.6 Å². The van der Waals surface area contributed by atoms with Crippen LogP contribution in [0, 0.1) is 0 Å². The normalized spacial score (nSPS) is 12.2. The fraction of sp³-hybridized carbons (Fsp3) is 0.158. The van der Waals surface area contributed by atoms with Crippen molar-refractivity contribution in [2.45, 2.75) is 17.3 Å². The molecule has 7 nitrogen and oxygen atoms in total. The molecule has 0 saturated heterocycles. The van der Waals surface area contributed by atoms with Crippen molar-refractivity contribution < 1.29 is 9.21 Å². The van der Waals surface area contributed by atoms with Crippen LogP contribution in [-0.4, -0.2) is 30.9 Å². The van der Waals surface area contributed by atoms with E-state index in [9.17, 15) is 4.79 Å². The first-order valence-electron chi connectivity index (χ1n) is 8.37. The van der Waals surface area contributed by atoms with Gasteiger partial charge in [0.2, 0.25) is 5.91 Å². The Morgan fingerprint density at radius 1 is 1.22 bits per heavy atom. The minimum Gasteiger partial charge on any atom is -0.453 e. The first-order valence-corrected chi connectivity index (χ1v) is 9.25. The maximum Gasteiger partial charge on any atom is 0.237 e. The highest BCUT2D eigenvalue weighted by Gasteiger charge is 2.21. The number of carbonyl (C=O) groups excluding carboxylic acids is 1. The van der Waals surface area contributed by atoms with Crippen LogP contribution in [0.1, 0.15) is 6.92 Å². The van der Waals surface area contributed by atoms with E-state index < -0.39 is 0 Å². The average molecular weight is 379 g/mol. The molecule has 0 bridgehead atoms. The van der Waals surface area contributed by atoms with Crippen molar-refractivity contribution >= 4 is 34.3 Å². The van der Waals surface area contributed by atoms with Gasteiger partial charge in [-0.3, -0.25) is 9.78 Å². The minimum absolute atomic E-state index is 0.124. The summed E-state index contributed by atoms with van der Waals surface area (Å²) in [6.07, 6.45) is 3.27. The van der Waals surface area contributed by atoms with Gasteiger partial charge in [0.05, 0.1) is 17.1 Å². The van der Waals surface area contributed by atoms with Gasteiger partial charge in [-0.05, 0) is 31.2 Å². The largest absolute Gasteiger partial charge is 0.453 e. The van der Waals surface area contributed by atoms with Gasteiger partial charge in [0.25, 0.3) is 0 Å². The highest BCUT2D eigenvalue weighted by molar-refractivity contribution is 8.00. The van der Waals surface area contributed by atoms with Gasteiger partial charge in [-0.1, -0.05) is 30.0 Å². The summed E-state index contributed by atoms with van der Waals surface area (Å²) in [4.78, 5) is 16.4. The predicted molar refractivity (Wildman–Crippen MR) is 104 cm³/mol. The third kappa shape index (κ3) is 3.56. The number of benzene rings is 1. The van der Waals surface area contributed by atoms with Gasteiger partial charge in [-0.25, -0.2) is 0 Å². The number of pyridine rings is 1. The number of para-hydroxylation sites is 1. The lowest BCUT2D eigenvalue weighted by atomic mass is 10.2. The summed E-state index contributed by atoms with van der Waals surface area (Å²) < 4.78 is 7.69. The lowest BCUT2D eigenvalue weighted by Gasteiger charge is -2.11. The van der Waals surface area contributed by atoms with Gasteiger partial charge in [0, 0.05) is 18.6 Å². The molecular weight excluding hydrogens is 362 g/mol. The monoisotopic (exact) mass is 379 g/mol. The average Bonchev–Trinajstić information content (AvgIpc) is 3.26. The fourth-order valence-electron chi connectivity index (χ4n) is 2.62. The molecule has 0 aliphatic heterocycles. The van der Waals surface area contributed by atoms with E-state index in [1.165, 1.54) is 11.8 Å². The summed E-state index contributed by atoms with van der Waals surface area (Å²) >= 11 is 1.34. The summed E-state index contributed by atoms with van der Waals surface area (Å²) in [7, 11) is 1.86. The van der Waals surface area contributed by atoms with Crippen molar-refractivity contribution in [3.63, 3.8) is 0 Å². The number of nitrogens with one attached hydrogen (secondary N) is 1. The molecule has 3 heterocycles. The first-order chi connectivity index (χ1) is 13.1. The number of furan rings is 1. The Bertz CT molecular complexity index is 1060. The Morgan fingerprint density at radius 2 is 2.07 bits per heavy atom. The molecule has 0 saturated carbocycles. The molecule has 0 aliphatic rings. The van der Waals surface area contributed by atoms with E-state index in [4.69, 9.17) is 4.42 Å². The van der Waals surface area contributed by atoms with Gasteiger partial charge in [0.1, 0.15) is 5.58 Å². The van der Waals surface area contributed by atoms with E-state index in [-0.39, 0.29) is 11.2 Å². The van der Waals surface area contributed by atoms with Crippen LogP contribution in [0.15, 0.2) is 64.4 Å². The third-order valence-corrected chi connectivity index (χ3v) is 5.20. The number of rotatable bonds is 5. The summed E-state index contributed by atoms with van der Waals surface area (Å²) in [5.41, 5.74) is 1.46. The van der Waals surface area contributed by atoms with Crippen molar-refractivity contribution in [3.8, 4) is 11.6 Å². The van der Waals surface area contributed by atoms with Crippen molar-refractivity contribution in [2.75, 3.05) is 5.32 Å². The standard InChI is InChI=1S/C19H17N5O2S/c1-12(18(25)21-14-7-5-9-20-11-14)27-19-23-22-17(24(19)2)16-10-13-6-3-4-8-15(13)26-16/h3-12H,1-2H3,(H,21,25)/t12-/m0/s1. The molecule has 0 radical (unpaired) electrons. The molecule has 1 amide bonds. The molecule has 1 atom stereocenters. The summed E-state index contributed by atoms with van der Waals surface area (Å²) in [5, 5.41) is 12.6. The predicted octanol–water partition coefficient (Wildman–Crippen LogP) is 3.74. The molecule has 1 N–H and O–H groups in total. The number of fused-ring (bicyclic) bond motifs is 1. The van der Waals surface area contributed by atoms with Gasteiger partial charge in [-0.15, -0.1) is 10.2 Å².